The summed E-state index contributed by atoms with van der Waals surface area (Å²) in [6.45, 7) is 0. The minimum Gasteiger partial charge on any atom is -0.364 e. The fourth-order valence-electron chi connectivity index (χ4n) is 1.31. The number of carbonyl (C=O) groups excluding carboxylic acids is 1. The first-order valence-corrected chi connectivity index (χ1v) is 5.87. The molecule has 17 heavy (non-hydrogen) atoms. The van der Waals surface area contributed by atoms with E-state index in [-0.39, 0.29) is 19.7 Å². The molecule has 90 valence electrons. The van der Waals surface area contributed by atoms with Gasteiger partial charge in [-0.3, -0.25) is 4.79 Å². The van der Waals surface area contributed by atoms with Crippen LogP contribution in [-0.2, 0) is 6.18 Å². The van der Waals surface area contributed by atoms with Crippen LogP contribution >= 0.6 is 27.3 Å². The molecule has 0 saturated heterocycles. The number of rotatable bonds is 1. The summed E-state index contributed by atoms with van der Waals surface area (Å²) in [7, 11) is 0. The highest BCUT2D eigenvalue weighted by molar-refractivity contribution is 9.10. The Labute approximate surface area is 106 Å². The van der Waals surface area contributed by atoms with Gasteiger partial charge in [-0.2, -0.15) is 13.2 Å². The van der Waals surface area contributed by atoms with Crippen LogP contribution in [0.4, 0.5) is 13.2 Å². The van der Waals surface area contributed by atoms with E-state index < -0.39 is 17.6 Å². The molecular weight excluding hydrogens is 321 g/mol. The quantitative estimate of drug-likeness (QED) is 0.875. The topological polar surface area (TPSA) is 56.0 Å². The van der Waals surface area contributed by atoms with E-state index in [2.05, 4.69) is 20.9 Å². The first-order chi connectivity index (χ1) is 7.79. The van der Waals surface area contributed by atoms with Crippen molar-refractivity contribution in [3.05, 3.63) is 27.2 Å². The molecule has 0 atom stereocenters. The molecule has 0 spiro atoms. The van der Waals surface area contributed by atoms with Crippen molar-refractivity contribution in [1.29, 1.82) is 0 Å². The van der Waals surface area contributed by atoms with Crippen molar-refractivity contribution in [2.75, 3.05) is 0 Å². The zero-order chi connectivity index (χ0) is 12.8. The number of alkyl halides is 3. The highest BCUT2D eigenvalue weighted by atomic mass is 79.9. The summed E-state index contributed by atoms with van der Waals surface area (Å²) in [5.41, 5.74) is 4.27. The summed E-state index contributed by atoms with van der Waals surface area (Å²) < 4.78 is 38.4. The number of nitrogens with zero attached hydrogens (tertiary/aromatic N) is 1. The van der Waals surface area contributed by atoms with E-state index in [9.17, 15) is 18.0 Å². The number of primary amides is 1. The first-order valence-electron chi connectivity index (χ1n) is 4.26. The van der Waals surface area contributed by atoms with Gasteiger partial charge in [0.05, 0.1) is 15.8 Å². The minimum atomic E-state index is -4.50. The number of carbonyl (C=O) groups is 1. The number of aromatic nitrogens is 1. The predicted octanol–water partition coefficient (Wildman–Crippen LogP) is 3.18. The van der Waals surface area contributed by atoms with E-state index >= 15 is 0 Å². The monoisotopic (exact) mass is 324 g/mol. The van der Waals surface area contributed by atoms with E-state index in [1.165, 1.54) is 6.07 Å². The summed E-state index contributed by atoms with van der Waals surface area (Å²) in [6.07, 6.45) is -4.50. The molecule has 0 radical (unpaired) electrons. The van der Waals surface area contributed by atoms with Gasteiger partial charge in [0.1, 0.15) is 0 Å². The molecule has 1 aromatic carbocycles. The van der Waals surface area contributed by atoms with Crippen LogP contribution in [0.5, 0.6) is 0 Å². The largest absolute Gasteiger partial charge is 0.417 e. The van der Waals surface area contributed by atoms with Crippen LogP contribution in [0.25, 0.3) is 10.2 Å². The van der Waals surface area contributed by atoms with E-state index in [1.54, 1.807) is 0 Å². The molecule has 0 saturated carbocycles. The Kier molecular flexibility index (Phi) is 2.86. The normalized spacial score (nSPS) is 12.0. The molecule has 2 rings (SSSR count). The lowest BCUT2D eigenvalue weighted by Gasteiger charge is -2.07. The lowest BCUT2D eigenvalue weighted by atomic mass is 10.2. The van der Waals surface area contributed by atoms with Gasteiger partial charge in [-0.1, -0.05) is 15.9 Å². The van der Waals surface area contributed by atoms with E-state index in [0.29, 0.717) is 11.3 Å². The zero-order valence-electron chi connectivity index (χ0n) is 8.01. The first kappa shape index (κ1) is 12.3. The Morgan fingerprint density at radius 1 is 1.41 bits per heavy atom. The molecule has 1 aromatic heterocycles. The van der Waals surface area contributed by atoms with Gasteiger partial charge in [-0.25, -0.2) is 4.98 Å². The molecule has 0 unspecified atom stereocenters. The molecule has 8 heteroatoms. The second-order valence-electron chi connectivity index (χ2n) is 3.18. The summed E-state index contributed by atoms with van der Waals surface area (Å²) >= 11 is 3.61. The van der Waals surface area contributed by atoms with E-state index in [1.807, 2.05) is 0 Å². The highest BCUT2D eigenvalue weighted by Crippen LogP contribution is 2.39. The van der Waals surface area contributed by atoms with Gasteiger partial charge in [0.25, 0.3) is 5.91 Å². The van der Waals surface area contributed by atoms with Gasteiger partial charge in [-0.05, 0) is 12.1 Å². The SMILES string of the molecule is NC(=O)c1nc2cc(Br)cc(C(F)(F)F)c2s1. The third kappa shape index (κ3) is 2.27. The molecule has 0 bridgehead atoms. The number of amides is 1. The van der Waals surface area contributed by atoms with Crippen molar-refractivity contribution in [3.63, 3.8) is 0 Å². The Morgan fingerprint density at radius 2 is 2.06 bits per heavy atom. The molecule has 2 aromatic rings. The van der Waals surface area contributed by atoms with Gasteiger partial charge in [0, 0.05) is 4.47 Å². The number of benzene rings is 1. The molecule has 0 fully saturated rings. The Balaban J connectivity index is 2.79. The maximum absolute atomic E-state index is 12.8. The smallest absolute Gasteiger partial charge is 0.364 e. The second kappa shape index (κ2) is 3.95. The number of nitrogens with two attached hydrogens (primary N) is 1. The van der Waals surface area contributed by atoms with E-state index in [0.717, 1.165) is 6.07 Å². The van der Waals surface area contributed by atoms with Crippen molar-refractivity contribution in [2.24, 2.45) is 5.73 Å². The van der Waals surface area contributed by atoms with Crippen molar-refractivity contribution < 1.29 is 18.0 Å². The summed E-state index contributed by atoms with van der Waals surface area (Å²) in [4.78, 5) is 14.7. The van der Waals surface area contributed by atoms with Crippen LogP contribution in [0.2, 0.25) is 0 Å². The van der Waals surface area contributed by atoms with Gasteiger partial charge < -0.3 is 5.73 Å². The van der Waals surface area contributed by atoms with E-state index in [4.69, 9.17) is 5.73 Å². The molecule has 2 N–H and O–H groups in total. The third-order valence-electron chi connectivity index (χ3n) is 1.97. The fraction of sp³-hybridized carbons (Fsp3) is 0.111. The lowest BCUT2D eigenvalue weighted by molar-refractivity contribution is -0.136. The van der Waals surface area contributed by atoms with Crippen LogP contribution in [0.3, 0.4) is 0 Å². The molecule has 0 aliphatic heterocycles. The Morgan fingerprint density at radius 3 is 2.59 bits per heavy atom. The van der Waals surface area contributed by atoms with Crippen molar-refractivity contribution in [3.8, 4) is 0 Å². The van der Waals surface area contributed by atoms with Crippen LogP contribution in [0, 0.1) is 0 Å². The van der Waals surface area contributed by atoms with Crippen LogP contribution in [0.15, 0.2) is 16.6 Å². The molecule has 3 nitrogen and oxygen atoms in total. The van der Waals surface area contributed by atoms with Gasteiger partial charge in [0.2, 0.25) is 0 Å². The molecule has 1 heterocycles. The third-order valence-corrected chi connectivity index (χ3v) is 3.55. The summed E-state index contributed by atoms with van der Waals surface area (Å²) in [5, 5.41) is -0.136. The van der Waals surface area contributed by atoms with Crippen molar-refractivity contribution in [1.82, 2.24) is 4.98 Å². The molecule has 0 aliphatic carbocycles. The van der Waals surface area contributed by atoms with Gasteiger partial charge in [-0.15, -0.1) is 11.3 Å². The fourth-order valence-corrected chi connectivity index (χ4v) is 2.69. The maximum Gasteiger partial charge on any atom is 0.417 e. The highest BCUT2D eigenvalue weighted by Gasteiger charge is 2.34. The minimum absolute atomic E-state index is 0.0884. The molecule has 1 amide bonds. The maximum atomic E-state index is 12.8. The average Bonchev–Trinajstić information content (AvgIpc) is 2.58. The average molecular weight is 325 g/mol. The van der Waals surface area contributed by atoms with Crippen molar-refractivity contribution >= 4 is 43.4 Å². The second-order valence-corrected chi connectivity index (χ2v) is 5.10. The Hall–Kier alpha value is -1.15. The van der Waals surface area contributed by atoms with Gasteiger partial charge in [0.15, 0.2) is 5.01 Å². The molecule has 0 aliphatic rings. The Bertz CT molecular complexity index is 608. The number of fused-ring (bicyclic) bond motifs is 1. The van der Waals surface area contributed by atoms with Crippen molar-refractivity contribution in [2.45, 2.75) is 6.18 Å². The summed E-state index contributed by atoms with van der Waals surface area (Å²) in [5.74, 6) is -0.838. The zero-order valence-corrected chi connectivity index (χ0v) is 10.4. The number of thiazole rings is 1. The van der Waals surface area contributed by atoms with Gasteiger partial charge >= 0.3 is 6.18 Å². The summed E-state index contributed by atoms with van der Waals surface area (Å²) in [6, 6.07) is 2.36. The number of hydrogen-bond donors (Lipinski definition) is 1. The standard InChI is InChI=1S/C9H4BrF3N2OS/c10-3-1-4(9(11,12)13)6-5(2-3)15-8(17-6)7(14)16/h1-2H,(H2,14,16). The van der Waals surface area contributed by atoms with Crippen LogP contribution < -0.4 is 5.73 Å². The lowest BCUT2D eigenvalue weighted by Crippen LogP contribution is -2.09. The number of halogens is 4. The van der Waals surface area contributed by atoms with Crippen LogP contribution in [0.1, 0.15) is 15.4 Å². The van der Waals surface area contributed by atoms with Crippen LogP contribution in [-0.4, -0.2) is 10.9 Å². The molecular formula is C9H4BrF3N2OS. The predicted molar refractivity (Wildman–Crippen MR) is 60.8 cm³/mol. The number of hydrogen-bond acceptors (Lipinski definition) is 3.